The molecule has 0 aliphatic carbocycles. The second-order valence-electron chi connectivity index (χ2n) is 4.55. The van der Waals surface area contributed by atoms with Crippen LogP contribution in [0.4, 0.5) is 8.78 Å². The zero-order valence-electron chi connectivity index (χ0n) is 10.3. The third kappa shape index (κ3) is 4.40. The first-order valence-corrected chi connectivity index (χ1v) is 5.92. The van der Waals surface area contributed by atoms with E-state index in [9.17, 15) is 8.78 Å². The van der Waals surface area contributed by atoms with Gasteiger partial charge in [-0.25, -0.2) is 8.78 Å². The highest BCUT2D eigenvalue weighted by Crippen LogP contribution is 2.13. The first-order chi connectivity index (χ1) is 8.04. The van der Waals surface area contributed by atoms with Crippen molar-refractivity contribution in [2.75, 3.05) is 13.1 Å². The van der Waals surface area contributed by atoms with Crippen molar-refractivity contribution in [2.24, 2.45) is 11.7 Å². The van der Waals surface area contributed by atoms with Crippen LogP contribution in [0.3, 0.4) is 0 Å². The van der Waals surface area contributed by atoms with Gasteiger partial charge in [-0.15, -0.1) is 0 Å². The molecule has 3 N–H and O–H groups in total. The molecular formula is C13H20F2N2. The van der Waals surface area contributed by atoms with Crippen LogP contribution in [0.5, 0.6) is 0 Å². The van der Waals surface area contributed by atoms with Crippen molar-refractivity contribution in [3.63, 3.8) is 0 Å². The van der Waals surface area contributed by atoms with Gasteiger partial charge in [-0.05, 0) is 30.0 Å². The van der Waals surface area contributed by atoms with Crippen LogP contribution in [0.2, 0.25) is 0 Å². The van der Waals surface area contributed by atoms with Gasteiger partial charge in [-0.1, -0.05) is 19.9 Å². The van der Waals surface area contributed by atoms with E-state index in [0.717, 1.165) is 12.1 Å². The summed E-state index contributed by atoms with van der Waals surface area (Å²) in [7, 11) is 0. The molecule has 17 heavy (non-hydrogen) atoms. The maximum atomic E-state index is 13.1. The lowest BCUT2D eigenvalue weighted by Crippen LogP contribution is -2.38. The Hall–Kier alpha value is -1.00. The van der Waals surface area contributed by atoms with Crippen LogP contribution in [-0.2, 0) is 6.42 Å². The fourth-order valence-electron chi connectivity index (χ4n) is 1.73. The first kappa shape index (κ1) is 14.1. The van der Waals surface area contributed by atoms with E-state index < -0.39 is 11.6 Å². The number of halogens is 2. The third-order valence-electron chi connectivity index (χ3n) is 2.80. The molecule has 1 aromatic rings. The van der Waals surface area contributed by atoms with Crippen molar-refractivity contribution < 1.29 is 8.78 Å². The number of hydrogen-bond acceptors (Lipinski definition) is 2. The van der Waals surface area contributed by atoms with Crippen molar-refractivity contribution in [3.8, 4) is 0 Å². The predicted octanol–water partition coefficient (Wildman–Crippen LogP) is 2.08. The minimum atomic E-state index is -0.801. The van der Waals surface area contributed by atoms with Crippen molar-refractivity contribution in [1.29, 1.82) is 0 Å². The monoisotopic (exact) mass is 242 g/mol. The smallest absolute Gasteiger partial charge is 0.159 e. The Bertz CT molecular complexity index is 353. The largest absolute Gasteiger partial charge is 0.329 e. The van der Waals surface area contributed by atoms with Gasteiger partial charge < -0.3 is 11.1 Å². The van der Waals surface area contributed by atoms with Crippen molar-refractivity contribution >= 4 is 0 Å². The number of benzene rings is 1. The molecule has 1 unspecified atom stereocenters. The fourth-order valence-corrected chi connectivity index (χ4v) is 1.73. The van der Waals surface area contributed by atoms with Crippen molar-refractivity contribution in [1.82, 2.24) is 5.32 Å². The molecule has 96 valence electrons. The zero-order chi connectivity index (χ0) is 12.8. The molecule has 0 radical (unpaired) electrons. The first-order valence-electron chi connectivity index (χ1n) is 5.92. The molecule has 0 aliphatic heterocycles. The quantitative estimate of drug-likeness (QED) is 0.801. The minimum Gasteiger partial charge on any atom is -0.329 e. The molecule has 0 saturated heterocycles. The number of nitrogens with two attached hydrogens (primary N) is 1. The average molecular weight is 242 g/mol. The van der Waals surface area contributed by atoms with Gasteiger partial charge in [0.1, 0.15) is 0 Å². The van der Waals surface area contributed by atoms with E-state index in [-0.39, 0.29) is 6.04 Å². The van der Waals surface area contributed by atoms with Gasteiger partial charge in [0.2, 0.25) is 0 Å². The molecule has 0 spiro atoms. The summed E-state index contributed by atoms with van der Waals surface area (Å²) in [4.78, 5) is 0. The Morgan fingerprint density at radius 3 is 2.47 bits per heavy atom. The van der Waals surface area contributed by atoms with Gasteiger partial charge in [-0.2, -0.15) is 0 Å². The van der Waals surface area contributed by atoms with Gasteiger partial charge in [0, 0.05) is 19.1 Å². The maximum Gasteiger partial charge on any atom is 0.159 e. The fraction of sp³-hybridized carbons (Fsp3) is 0.538. The highest BCUT2D eigenvalue weighted by atomic mass is 19.2. The van der Waals surface area contributed by atoms with Crippen LogP contribution in [0.25, 0.3) is 0 Å². The molecule has 0 bridgehead atoms. The Balaban J connectivity index is 2.68. The summed E-state index contributed by atoms with van der Waals surface area (Å²) in [5.74, 6) is -1.18. The van der Waals surface area contributed by atoms with Crippen LogP contribution in [-0.4, -0.2) is 19.1 Å². The summed E-state index contributed by atoms with van der Waals surface area (Å²) < 4.78 is 25.9. The van der Waals surface area contributed by atoms with Crippen LogP contribution in [0.15, 0.2) is 18.2 Å². The van der Waals surface area contributed by atoms with Crippen LogP contribution in [0, 0.1) is 17.6 Å². The summed E-state index contributed by atoms with van der Waals surface area (Å²) in [5.41, 5.74) is 6.24. The summed E-state index contributed by atoms with van der Waals surface area (Å²) in [6.45, 7) is 5.48. The predicted molar refractivity (Wildman–Crippen MR) is 65.7 cm³/mol. The Morgan fingerprint density at radius 1 is 1.24 bits per heavy atom. The SMILES string of the molecule is CC(C)C(Cc1ccc(F)c(F)c1)NCCN. The van der Waals surface area contributed by atoms with E-state index in [0.29, 0.717) is 18.9 Å². The minimum absolute atomic E-state index is 0.225. The summed E-state index contributed by atoms with van der Waals surface area (Å²) in [6, 6.07) is 4.28. The van der Waals surface area contributed by atoms with Crippen molar-refractivity contribution in [3.05, 3.63) is 35.4 Å². The topological polar surface area (TPSA) is 38.0 Å². The highest BCUT2D eigenvalue weighted by Gasteiger charge is 2.14. The van der Waals surface area contributed by atoms with Crippen LogP contribution >= 0.6 is 0 Å². The van der Waals surface area contributed by atoms with E-state index in [4.69, 9.17) is 5.73 Å². The van der Waals surface area contributed by atoms with E-state index in [2.05, 4.69) is 19.2 Å². The molecule has 1 atom stereocenters. The molecule has 1 aromatic carbocycles. The van der Waals surface area contributed by atoms with Gasteiger partial charge >= 0.3 is 0 Å². The Morgan fingerprint density at radius 2 is 1.94 bits per heavy atom. The van der Waals surface area contributed by atoms with Crippen LogP contribution in [0.1, 0.15) is 19.4 Å². The van der Waals surface area contributed by atoms with Crippen molar-refractivity contribution in [2.45, 2.75) is 26.3 Å². The molecule has 4 heteroatoms. The van der Waals surface area contributed by atoms with Gasteiger partial charge in [0.25, 0.3) is 0 Å². The number of nitrogens with one attached hydrogen (secondary N) is 1. The zero-order valence-corrected chi connectivity index (χ0v) is 10.3. The Labute approximate surface area is 101 Å². The number of rotatable bonds is 6. The third-order valence-corrected chi connectivity index (χ3v) is 2.80. The Kier molecular flexibility index (Phi) is 5.51. The van der Waals surface area contributed by atoms with Gasteiger partial charge in [0.05, 0.1) is 0 Å². The second kappa shape index (κ2) is 6.67. The summed E-state index contributed by atoms with van der Waals surface area (Å²) in [6.07, 6.45) is 0.675. The maximum absolute atomic E-state index is 13.1. The van der Waals surface area contributed by atoms with E-state index in [1.807, 2.05) is 0 Å². The number of hydrogen-bond donors (Lipinski definition) is 2. The van der Waals surface area contributed by atoms with E-state index in [1.54, 1.807) is 6.07 Å². The second-order valence-corrected chi connectivity index (χ2v) is 4.55. The standard InChI is InChI=1S/C13H20F2N2/c1-9(2)13(17-6-5-16)8-10-3-4-11(14)12(15)7-10/h3-4,7,9,13,17H,5-6,8,16H2,1-2H3. The molecule has 0 saturated carbocycles. The average Bonchev–Trinajstić information content (AvgIpc) is 2.28. The molecule has 1 rings (SSSR count). The molecule has 0 amide bonds. The highest BCUT2D eigenvalue weighted by molar-refractivity contribution is 5.19. The molecule has 0 aromatic heterocycles. The lowest BCUT2D eigenvalue weighted by atomic mass is 9.96. The molecule has 0 aliphatic rings. The lowest BCUT2D eigenvalue weighted by molar-refractivity contribution is 0.400. The van der Waals surface area contributed by atoms with E-state index in [1.165, 1.54) is 12.1 Å². The van der Waals surface area contributed by atoms with Gasteiger partial charge in [0.15, 0.2) is 11.6 Å². The van der Waals surface area contributed by atoms with Gasteiger partial charge in [-0.3, -0.25) is 0 Å². The molecule has 2 nitrogen and oxygen atoms in total. The molecule has 0 heterocycles. The summed E-state index contributed by atoms with van der Waals surface area (Å²) in [5, 5.41) is 3.31. The molecular weight excluding hydrogens is 222 g/mol. The van der Waals surface area contributed by atoms with Crippen LogP contribution < -0.4 is 11.1 Å². The summed E-state index contributed by atoms with van der Waals surface area (Å²) >= 11 is 0. The normalized spacial score (nSPS) is 13.1. The lowest BCUT2D eigenvalue weighted by Gasteiger charge is -2.22. The molecule has 0 fully saturated rings. The van der Waals surface area contributed by atoms with E-state index >= 15 is 0 Å².